The molecule has 0 saturated carbocycles. The van der Waals surface area contributed by atoms with Crippen LogP contribution in [0, 0.1) is 0 Å². The number of nitrogens with zero attached hydrogens (tertiary/aromatic N) is 4. The second kappa shape index (κ2) is 22.1. The zero-order valence-corrected chi connectivity index (χ0v) is 42.2. The highest BCUT2D eigenvalue weighted by Crippen LogP contribution is 2.41. The van der Waals surface area contributed by atoms with E-state index < -0.39 is 0 Å². The number of allylic oxidation sites excluding steroid dienone is 2. The van der Waals surface area contributed by atoms with E-state index in [0.717, 1.165) is 68.9 Å². The summed E-state index contributed by atoms with van der Waals surface area (Å²) < 4.78 is 0. The Hall–Kier alpha value is -9.90. The van der Waals surface area contributed by atoms with Crippen LogP contribution in [0.5, 0.6) is 0 Å². The Kier molecular flexibility index (Phi) is 13.7. The van der Waals surface area contributed by atoms with Crippen LogP contribution in [0.4, 0.5) is 62.6 Å². The highest BCUT2D eigenvalue weighted by Gasteiger charge is 2.22. The molecule has 12 rings (SSSR count). The van der Waals surface area contributed by atoms with Gasteiger partial charge in [-0.1, -0.05) is 188 Å². The molecule has 0 N–H and O–H groups in total. The third-order valence-electron chi connectivity index (χ3n) is 14.2. The Bertz CT molecular complexity index is 3580. The van der Waals surface area contributed by atoms with Crippen molar-refractivity contribution in [2.45, 2.75) is 12.5 Å². The van der Waals surface area contributed by atoms with E-state index >= 15 is 0 Å². The normalized spacial score (nSPS) is 12.8. The maximum absolute atomic E-state index is 2.46. The van der Waals surface area contributed by atoms with Crippen LogP contribution >= 0.6 is 0 Å². The lowest BCUT2D eigenvalue weighted by Gasteiger charge is -2.33. The van der Waals surface area contributed by atoms with Crippen molar-refractivity contribution in [2.75, 3.05) is 19.6 Å². The molecule has 0 amide bonds. The van der Waals surface area contributed by atoms with Crippen molar-refractivity contribution in [1.82, 2.24) is 0 Å². The molecule has 0 radical (unpaired) electrons. The van der Waals surface area contributed by atoms with Gasteiger partial charge >= 0.3 is 0 Å². The maximum Gasteiger partial charge on any atom is 0.0560 e. The first-order chi connectivity index (χ1) is 37.7. The van der Waals surface area contributed by atoms with Crippen LogP contribution in [-0.2, 0) is 0 Å². The van der Waals surface area contributed by atoms with Gasteiger partial charge < -0.3 is 19.6 Å². The fourth-order valence-corrected chi connectivity index (χ4v) is 10.4. The van der Waals surface area contributed by atoms with E-state index in [0.29, 0.717) is 0 Å². The Balaban J connectivity index is 0.757. The molecule has 0 aromatic heterocycles. The van der Waals surface area contributed by atoms with Crippen molar-refractivity contribution in [3.63, 3.8) is 0 Å². The maximum atomic E-state index is 2.46. The molecule has 0 fully saturated rings. The zero-order valence-electron chi connectivity index (χ0n) is 42.2. The lowest BCUT2D eigenvalue weighted by atomic mass is 9.95. The van der Waals surface area contributed by atoms with Crippen molar-refractivity contribution < 1.29 is 0 Å². The Labute approximate surface area is 447 Å². The molecule has 76 heavy (non-hydrogen) atoms. The molecule has 4 heteroatoms. The number of para-hydroxylation sites is 6. The fourth-order valence-electron chi connectivity index (χ4n) is 10.4. The Morgan fingerprint density at radius 3 is 0.711 bits per heavy atom. The summed E-state index contributed by atoms with van der Waals surface area (Å²) in [7, 11) is 0. The first-order valence-electron chi connectivity index (χ1n) is 26.1. The van der Waals surface area contributed by atoms with Crippen molar-refractivity contribution >= 4 is 68.1 Å². The molecule has 1 aliphatic rings. The standard InChI is InChI=1S/C72H56N4/c1-7-19-61(20-8-1)73(62-21-9-2-10-22-62)67-43-31-55(32-44-67)57-35-47-69(48-36-57)75(65-27-15-5-16-28-65)71-51-39-59(40-52-71)60-41-53-72(54-42-60)76(66-29-17-6-18-30-66)70-49-37-58(38-50-70)56-33-45-68(46-34-56)74(63-23-11-3-12-24-63)64-25-13-4-14-26-64/h1-49,51-54,70H,50H2. The number of anilines is 11. The monoisotopic (exact) mass is 976 g/mol. The summed E-state index contributed by atoms with van der Waals surface area (Å²) in [5, 5.41) is 0. The number of hydrogen-bond donors (Lipinski definition) is 0. The van der Waals surface area contributed by atoms with E-state index in [9.17, 15) is 0 Å². The van der Waals surface area contributed by atoms with Gasteiger partial charge in [0.15, 0.2) is 0 Å². The van der Waals surface area contributed by atoms with Crippen LogP contribution < -0.4 is 19.6 Å². The summed E-state index contributed by atoms with van der Waals surface area (Å²) in [4.78, 5) is 9.38. The Morgan fingerprint density at radius 2 is 0.447 bits per heavy atom. The molecule has 1 aliphatic carbocycles. The van der Waals surface area contributed by atoms with Gasteiger partial charge in [0.1, 0.15) is 0 Å². The number of benzene rings is 11. The minimum Gasteiger partial charge on any atom is -0.334 e. The van der Waals surface area contributed by atoms with E-state index in [-0.39, 0.29) is 6.04 Å². The van der Waals surface area contributed by atoms with Gasteiger partial charge in [0.05, 0.1) is 6.04 Å². The number of hydrogen-bond acceptors (Lipinski definition) is 4. The molecule has 0 saturated heterocycles. The molecule has 1 unspecified atom stereocenters. The summed E-state index contributed by atoms with van der Waals surface area (Å²) in [5.41, 5.74) is 19.5. The SMILES string of the molecule is C1=CC(N(c2ccccc2)c2ccc(-c3ccc(N(c4ccccc4)c4ccc(-c5ccc(N(c6ccccc6)c6ccccc6)cc5)cc4)cc3)cc2)CC=C1c1ccc(N(c2ccccc2)c2ccccc2)cc1. The lowest BCUT2D eigenvalue weighted by molar-refractivity contribution is 0.787. The van der Waals surface area contributed by atoms with Crippen LogP contribution in [0.15, 0.2) is 322 Å². The van der Waals surface area contributed by atoms with Gasteiger partial charge in [-0.05, 0) is 173 Å². The zero-order chi connectivity index (χ0) is 50.9. The van der Waals surface area contributed by atoms with Gasteiger partial charge in [0.25, 0.3) is 0 Å². The van der Waals surface area contributed by atoms with E-state index in [2.05, 4.69) is 341 Å². The molecule has 4 nitrogen and oxygen atoms in total. The van der Waals surface area contributed by atoms with Crippen LogP contribution in [0.3, 0.4) is 0 Å². The molecule has 364 valence electrons. The Morgan fingerprint density at radius 1 is 0.224 bits per heavy atom. The minimum atomic E-state index is 0.150. The first kappa shape index (κ1) is 47.1. The smallest absolute Gasteiger partial charge is 0.0560 e. The summed E-state index contributed by atoms with van der Waals surface area (Å²) in [6, 6.07) is 108. The van der Waals surface area contributed by atoms with Crippen LogP contribution in [0.1, 0.15) is 12.0 Å². The third-order valence-corrected chi connectivity index (χ3v) is 14.2. The minimum absolute atomic E-state index is 0.150. The van der Waals surface area contributed by atoms with Crippen molar-refractivity contribution in [3.05, 3.63) is 327 Å². The summed E-state index contributed by atoms with van der Waals surface area (Å²) in [6.07, 6.45) is 7.91. The van der Waals surface area contributed by atoms with Gasteiger partial charge in [-0.2, -0.15) is 0 Å². The van der Waals surface area contributed by atoms with E-state index in [4.69, 9.17) is 0 Å². The third kappa shape index (κ3) is 10.2. The predicted molar refractivity (Wildman–Crippen MR) is 322 cm³/mol. The van der Waals surface area contributed by atoms with Gasteiger partial charge in [-0.15, -0.1) is 0 Å². The quantitative estimate of drug-likeness (QED) is 0.101. The van der Waals surface area contributed by atoms with Crippen molar-refractivity contribution in [2.24, 2.45) is 0 Å². The van der Waals surface area contributed by atoms with E-state index in [1.165, 1.54) is 33.5 Å². The highest BCUT2D eigenvalue weighted by molar-refractivity contribution is 5.84. The second-order valence-electron chi connectivity index (χ2n) is 18.9. The molecular formula is C72H56N4. The van der Waals surface area contributed by atoms with Crippen LogP contribution in [-0.4, -0.2) is 6.04 Å². The highest BCUT2D eigenvalue weighted by atomic mass is 15.2. The fraction of sp³-hybridized carbons (Fsp3) is 0.0278. The average molecular weight is 977 g/mol. The lowest BCUT2D eigenvalue weighted by Crippen LogP contribution is -2.30. The van der Waals surface area contributed by atoms with Crippen molar-refractivity contribution in [3.8, 4) is 22.3 Å². The molecule has 0 spiro atoms. The molecule has 0 heterocycles. The first-order valence-corrected chi connectivity index (χ1v) is 26.1. The predicted octanol–water partition coefficient (Wildman–Crippen LogP) is 20.0. The second-order valence-corrected chi connectivity index (χ2v) is 18.9. The molecule has 11 aromatic carbocycles. The molecule has 0 aliphatic heterocycles. The van der Waals surface area contributed by atoms with Gasteiger partial charge in [-0.25, -0.2) is 0 Å². The van der Waals surface area contributed by atoms with Gasteiger partial charge in [0, 0.05) is 62.6 Å². The van der Waals surface area contributed by atoms with E-state index in [1.54, 1.807) is 0 Å². The van der Waals surface area contributed by atoms with Crippen molar-refractivity contribution in [1.29, 1.82) is 0 Å². The van der Waals surface area contributed by atoms with Gasteiger partial charge in [0.2, 0.25) is 0 Å². The van der Waals surface area contributed by atoms with Gasteiger partial charge in [-0.3, -0.25) is 0 Å². The van der Waals surface area contributed by atoms with Crippen LogP contribution in [0.2, 0.25) is 0 Å². The van der Waals surface area contributed by atoms with E-state index in [1.807, 2.05) is 0 Å². The summed E-state index contributed by atoms with van der Waals surface area (Å²) in [5.74, 6) is 0. The summed E-state index contributed by atoms with van der Waals surface area (Å²) in [6.45, 7) is 0. The topological polar surface area (TPSA) is 13.0 Å². The molecule has 11 aromatic rings. The number of rotatable bonds is 15. The largest absolute Gasteiger partial charge is 0.334 e. The molecular weight excluding hydrogens is 921 g/mol. The molecule has 1 atom stereocenters. The molecule has 0 bridgehead atoms. The van der Waals surface area contributed by atoms with Crippen LogP contribution in [0.25, 0.3) is 27.8 Å². The summed E-state index contributed by atoms with van der Waals surface area (Å²) >= 11 is 0. The average Bonchev–Trinajstić information content (AvgIpc) is 3.51.